The van der Waals surface area contributed by atoms with Crippen molar-refractivity contribution >= 4 is 33.9 Å². The first-order valence-electron chi connectivity index (χ1n) is 6.40. The molecule has 0 aliphatic carbocycles. The van der Waals surface area contributed by atoms with Gasteiger partial charge in [0.25, 0.3) is 0 Å². The van der Waals surface area contributed by atoms with Crippen LogP contribution >= 0.6 is 0 Å². The number of aromatic nitrogens is 1. The number of rotatable bonds is 2. The lowest BCUT2D eigenvalue weighted by atomic mass is 10.1. The second-order valence-electron chi connectivity index (χ2n) is 4.69. The van der Waals surface area contributed by atoms with Gasteiger partial charge >= 0.3 is 5.97 Å². The van der Waals surface area contributed by atoms with E-state index in [2.05, 4.69) is 4.98 Å². The molecule has 0 spiro atoms. The molecule has 0 atom stereocenters. The topological polar surface area (TPSA) is 106 Å². The highest BCUT2D eigenvalue weighted by molar-refractivity contribution is 5.97. The van der Waals surface area contributed by atoms with Crippen molar-refractivity contribution in [2.45, 2.75) is 13.3 Å². The van der Waals surface area contributed by atoms with E-state index in [4.69, 9.17) is 15.3 Å². The second kappa shape index (κ2) is 4.59. The summed E-state index contributed by atoms with van der Waals surface area (Å²) in [5.74, 6) is -1.42. The van der Waals surface area contributed by atoms with E-state index in [1.54, 1.807) is 12.1 Å². The van der Waals surface area contributed by atoms with E-state index in [9.17, 15) is 9.59 Å². The summed E-state index contributed by atoms with van der Waals surface area (Å²) >= 11 is 0. The van der Waals surface area contributed by atoms with Gasteiger partial charge in [0.15, 0.2) is 11.1 Å². The van der Waals surface area contributed by atoms with Crippen LogP contribution in [0.5, 0.6) is 0 Å². The number of hydrogen-bond acceptors (Lipinski definition) is 5. The Morgan fingerprint density at radius 3 is 2.76 bits per heavy atom. The zero-order chi connectivity index (χ0) is 15.1. The Bertz CT molecular complexity index is 944. The zero-order valence-electron chi connectivity index (χ0n) is 11.2. The molecule has 0 fully saturated rings. The molecule has 0 radical (unpaired) electrons. The van der Waals surface area contributed by atoms with Gasteiger partial charge < -0.3 is 15.3 Å². The fourth-order valence-corrected chi connectivity index (χ4v) is 2.23. The fraction of sp³-hybridized carbons (Fsp3) is 0.133. The van der Waals surface area contributed by atoms with Gasteiger partial charge in [-0.25, -0.2) is 9.78 Å². The molecule has 0 bridgehead atoms. The van der Waals surface area contributed by atoms with Crippen molar-refractivity contribution in [1.82, 2.24) is 4.98 Å². The predicted molar refractivity (Wildman–Crippen MR) is 78.5 cm³/mol. The van der Waals surface area contributed by atoms with E-state index < -0.39 is 5.97 Å². The summed E-state index contributed by atoms with van der Waals surface area (Å²) in [5, 5.41) is 9.45. The lowest BCUT2D eigenvalue weighted by Crippen LogP contribution is -2.10. The molecule has 2 aromatic heterocycles. The summed E-state index contributed by atoms with van der Waals surface area (Å²) in [6.45, 7) is 1.99. The molecule has 6 nitrogen and oxygen atoms in total. The molecule has 0 unspecified atom stereocenters. The molecule has 6 heteroatoms. The summed E-state index contributed by atoms with van der Waals surface area (Å²) in [6, 6.07) is 6.55. The number of carboxylic acids is 1. The monoisotopic (exact) mass is 284 g/mol. The van der Waals surface area contributed by atoms with E-state index in [0.717, 1.165) is 12.0 Å². The number of carboxylic acid groups (broad SMARTS) is 1. The van der Waals surface area contributed by atoms with Gasteiger partial charge in [-0.15, -0.1) is 0 Å². The molecule has 3 N–H and O–H groups in total. The van der Waals surface area contributed by atoms with E-state index in [1.807, 2.05) is 13.0 Å². The van der Waals surface area contributed by atoms with Crippen molar-refractivity contribution in [2.24, 2.45) is 0 Å². The molecule has 3 rings (SSSR count). The van der Waals surface area contributed by atoms with E-state index in [-0.39, 0.29) is 27.9 Å². The molecule has 0 aliphatic heterocycles. The molecule has 0 amide bonds. The van der Waals surface area contributed by atoms with Gasteiger partial charge in [-0.05, 0) is 24.1 Å². The average molecular weight is 284 g/mol. The highest BCUT2D eigenvalue weighted by Crippen LogP contribution is 2.22. The summed E-state index contributed by atoms with van der Waals surface area (Å²) in [7, 11) is 0. The minimum atomic E-state index is -1.22. The number of hydrogen-bond donors (Lipinski definition) is 2. The van der Waals surface area contributed by atoms with E-state index in [1.165, 1.54) is 6.07 Å². The number of aromatic carboxylic acids is 1. The van der Waals surface area contributed by atoms with Crippen LogP contribution in [0.15, 0.2) is 33.5 Å². The number of nitrogens with two attached hydrogens (primary N) is 1. The van der Waals surface area contributed by atoms with Gasteiger partial charge in [0.05, 0.1) is 5.39 Å². The molecule has 1 aromatic carbocycles. The molecule has 0 aliphatic rings. The first-order chi connectivity index (χ1) is 10.0. The van der Waals surface area contributed by atoms with Gasteiger partial charge in [-0.2, -0.15) is 0 Å². The maximum absolute atomic E-state index is 12.5. The largest absolute Gasteiger partial charge is 0.478 e. The van der Waals surface area contributed by atoms with E-state index in [0.29, 0.717) is 11.0 Å². The van der Waals surface area contributed by atoms with Crippen LogP contribution in [0.4, 0.5) is 5.82 Å². The number of fused-ring (bicyclic) bond motifs is 2. The molecule has 21 heavy (non-hydrogen) atoms. The van der Waals surface area contributed by atoms with Crippen molar-refractivity contribution in [2.75, 3.05) is 5.73 Å². The standard InChI is InChI=1S/C15H12N2O4/c1-2-7-3-4-10-8(5-7)13(18)12-11(21-10)6-9(15(19)20)14(16)17-12/h3-6H,2H2,1H3,(H2,16,17)(H,19,20). The van der Waals surface area contributed by atoms with Crippen LogP contribution in [-0.2, 0) is 6.42 Å². The molecular weight excluding hydrogens is 272 g/mol. The van der Waals surface area contributed by atoms with Crippen LogP contribution in [0.2, 0.25) is 0 Å². The van der Waals surface area contributed by atoms with Crippen LogP contribution in [-0.4, -0.2) is 16.1 Å². The van der Waals surface area contributed by atoms with Gasteiger partial charge in [0, 0.05) is 6.07 Å². The Morgan fingerprint density at radius 1 is 1.33 bits per heavy atom. The van der Waals surface area contributed by atoms with Gasteiger partial charge in [-0.3, -0.25) is 4.79 Å². The molecule has 3 aromatic rings. The normalized spacial score (nSPS) is 11.1. The van der Waals surface area contributed by atoms with Crippen molar-refractivity contribution < 1.29 is 14.3 Å². The lowest BCUT2D eigenvalue weighted by molar-refractivity contribution is 0.0697. The SMILES string of the molecule is CCc1ccc2oc3cc(C(=O)O)c(N)nc3c(=O)c2c1. The number of aryl methyl sites for hydroxylation is 1. The predicted octanol–water partition coefficient (Wildman–Crippen LogP) is 2.18. The summed E-state index contributed by atoms with van der Waals surface area (Å²) in [6.07, 6.45) is 0.793. The lowest BCUT2D eigenvalue weighted by Gasteiger charge is -2.05. The first-order valence-corrected chi connectivity index (χ1v) is 6.40. The zero-order valence-corrected chi connectivity index (χ0v) is 11.2. The highest BCUT2D eigenvalue weighted by Gasteiger charge is 2.16. The van der Waals surface area contributed by atoms with Crippen molar-refractivity contribution in [3.8, 4) is 0 Å². The third kappa shape index (κ3) is 2.01. The Kier molecular flexibility index (Phi) is 2.86. The van der Waals surface area contributed by atoms with Crippen LogP contribution in [0, 0.1) is 0 Å². The third-order valence-corrected chi connectivity index (χ3v) is 3.38. The van der Waals surface area contributed by atoms with Crippen molar-refractivity contribution in [1.29, 1.82) is 0 Å². The Balaban J connectivity index is 2.44. The van der Waals surface area contributed by atoms with Gasteiger partial charge in [-0.1, -0.05) is 13.0 Å². The molecule has 0 saturated heterocycles. The van der Waals surface area contributed by atoms with E-state index >= 15 is 0 Å². The molecule has 0 saturated carbocycles. The maximum atomic E-state index is 12.5. The van der Waals surface area contributed by atoms with Crippen LogP contribution in [0.25, 0.3) is 22.1 Å². The van der Waals surface area contributed by atoms with Gasteiger partial charge in [0.2, 0.25) is 5.43 Å². The Morgan fingerprint density at radius 2 is 2.10 bits per heavy atom. The summed E-state index contributed by atoms with van der Waals surface area (Å²) in [5.41, 5.74) is 6.64. The van der Waals surface area contributed by atoms with Crippen LogP contribution < -0.4 is 11.2 Å². The third-order valence-electron chi connectivity index (χ3n) is 3.38. The van der Waals surface area contributed by atoms with Gasteiger partial charge in [0.1, 0.15) is 17.0 Å². The van der Waals surface area contributed by atoms with Crippen molar-refractivity contribution in [3.05, 3.63) is 45.6 Å². The van der Waals surface area contributed by atoms with Crippen molar-refractivity contribution in [3.63, 3.8) is 0 Å². The average Bonchev–Trinajstić information content (AvgIpc) is 2.47. The number of nitrogens with zero attached hydrogens (tertiary/aromatic N) is 1. The quantitative estimate of drug-likeness (QED) is 0.698. The number of benzene rings is 1. The summed E-state index contributed by atoms with van der Waals surface area (Å²) in [4.78, 5) is 27.4. The van der Waals surface area contributed by atoms with Crippen LogP contribution in [0.3, 0.4) is 0 Å². The summed E-state index contributed by atoms with van der Waals surface area (Å²) < 4.78 is 5.59. The molecule has 2 heterocycles. The molecule has 106 valence electrons. The van der Waals surface area contributed by atoms with Crippen LogP contribution in [0.1, 0.15) is 22.8 Å². The Labute approximate surface area is 118 Å². The smallest absolute Gasteiger partial charge is 0.339 e. The second-order valence-corrected chi connectivity index (χ2v) is 4.69. The minimum absolute atomic E-state index is 0.0400. The number of anilines is 1. The highest BCUT2D eigenvalue weighted by atomic mass is 16.4. The number of pyridine rings is 1. The molecular formula is C15H12N2O4. The Hall–Kier alpha value is -2.89. The number of carbonyl (C=O) groups is 1. The number of nitrogen functional groups attached to an aromatic ring is 1. The maximum Gasteiger partial charge on any atom is 0.339 e. The minimum Gasteiger partial charge on any atom is -0.478 e. The fourth-order valence-electron chi connectivity index (χ4n) is 2.23. The first kappa shape index (κ1) is 13.1.